The highest BCUT2D eigenvalue weighted by molar-refractivity contribution is 5.92. The average molecular weight is 278 g/mol. The number of hydrogen-bond acceptors (Lipinski definition) is 5. The second-order valence-electron chi connectivity index (χ2n) is 4.91. The van der Waals surface area contributed by atoms with Crippen molar-refractivity contribution in [3.63, 3.8) is 0 Å². The predicted molar refractivity (Wildman–Crippen MR) is 78.9 cm³/mol. The molecule has 5 heteroatoms. The van der Waals surface area contributed by atoms with E-state index in [1.54, 1.807) is 25.1 Å². The van der Waals surface area contributed by atoms with Gasteiger partial charge in [0.1, 0.15) is 0 Å². The highest BCUT2D eigenvalue weighted by Crippen LogP contribution is 2.29. The molecular weight excluding hydrogens is 256 g/mol. The maximum atomic E-state index is 11.7. The summed E-state index contributed by atoms with van der Waals surface area (Å²) >= 11 is 0. The van der Waals surface area contributed by atoms with E-state index >= 15 is 0 Å². The molecule has 1 aromatic rings. The number of rotatable bonds is 6. The van der Waals surface area contributed by atoms with Gasteiger partial charge >= 0.3 is 5.97 Å². The lowest BCUT2D eigenvalue weighted by molar-refractivity contribution is 0.00299. The number of ether oxygens (including phenoxy) is 2. The Hall–Kier alpha value is -1.75. The van der Waals surface area contributed by atoms with Crippen LogP contribution in [0.4, 0.5) is 11.4 Å². The van der Waals surface area contributed by atoms with Crippen LogP contribution in [0.3, 0.4) is 0 Å². The predicted octanol–water partition coefficient (Wildman–Crippen LogP) is 2.42. The summed E-state index contributed by atoms with van der Waals surface area (Å²) in [5.41, 5.74) is 7.88. The fourth-order valence-corrected chi connectivity index (χ4v) is 2.30. The summed E-state index contributed by atoms with van der Waals surface area (Å²) in [6.07, 6.45) is 2.28. The minimum Gasteiger partial charge on any atom is -0.462 e. The first-order chi connectivity index (χ1) is 9.63. The fraction of sp³-hybridized carbons (Fsp3) is 0.533. The highest BCUT2D eigenvalue weighted by Gasteiger charge is 2.29. The van der Waals surface area contributed by atoms with Gasteiger partial charge in [-0.1, -0.05) is 0 Å². The lowest BCUT2D eigenvalue weighted by Gasteiger charge is -2.36. The normalized spacial score (nSPS) is 21.1. The zero-order valence-corrected chi connectivity index (χ0v) is 12.0. The molecule has 0 spiro atoms. The van der Waals surface area contributed by atoms with Crippen molar-refractivity contribution in [2.24, 2.45) is 0 Å². The molecule has 0 atom stereocenters. The second kappa shape index (κ2) is 6.61. The number of carbonyl (C=O) groups is 1. The fourth-order valence-electron chi connectivity index (χ4n) is 2.30. The van der Waals surface area contributed by atoms with Crippen LogP contribution in [0.1, 0.15) is 37.0 Å². The molecule has 1 saturated carbocycles. The molecule has 0 amide bonds. The summed E-state index contributed by atoms with van der Waals surface area (Å²) in [7, 11) is 0. The minimum absolute atomic E-state index is 0.323. The standard InChI is InChI=1S/C15H22N2O3/c1-3-19-12-8-11(9-12)17-14-7-10(5-6-13(14)16)15(18)20-4-2/h5-7,11-12,17H,3-4,8-9,16H2,1-2H3. The van der Waals surface area contributed by atoms with E-state index in [-0.39, 0.29) is 5.97 Å². The smallest absolute Gasteiger partial charge is 0.338 e. The topological polar surface area (TPSA) is 73.6 Å². The summed E-state index contributed by atoms with van der Waals surface area (Å²) in [4.78, 5) is 11.7. The Morgan fingerprint density at radius 2 is 2.10 bits per heavy atom. The number of anilines is 2. The van der Waals surface area contributed by atoms with Crippen molar-refractivity contribution >= 4 is 17.3 Å². The van der Waals surface area contributed by atoms with Crippen LogP contribution in [-0.2, 0) is 9.47 Å². The summed E-state index contributed by atoms with van der Waals surface area (Å²) in [5, 5.41) is 3.36. The summed E-state index contributed by atoms with van der Waals surface area (Å²) in [5.74, 6) is -0.323. The Balaban J connectivity index is 1.97. The van der Waals surface area contributed by atoms with Gasteiger partial charge in [0, 0.05) is 12.6 Å². The van der Waals surface area contributed by atoms with E-state index in [0.717, 1.165) is 25.1 Å². The van der Waals surface area contributed by atoms with Crippen molar-refractivity contribution in [1.82, 2.24) is 0 Å². The van der Waals surface area contributed by atoms with E-state index in [1.807, 2.05) is 6.92 Å². The molecule has 5 nitrogen and oxygen atoms in total. The minimum atomic E-state index is -0.323. The molecule has 0 saturated heterocycles. The molecule has 20 heavy (non-hydrogen) atoms. The van der Waals surface area contributed by atoms with Crippen LogP contribution in [0.15, 0.2) is 18.2 Å². The first kappa shape index (κ1) is 14.7. The molecule has 0 aliphatic heterocycles. The second-order valence-corrected chi connectivity index (χ2v) is 4.91. The van der Waals surface area contributed by atoms with Crippen molar-refractivity contribution in [2.45, 2.75) is 38.8 Å². The third-order valence-electron chi connectivity index (χ3n) is 3.42. The van der Waals surface area contributed by atoms with E-state index < -0.39 is 0 Å². The van der Waals surface area contributed by atoms with Crippen LogP contribution in [-0.4, -0.2) is 31.3 Å². The molecule has 0 radical (unpaired) electrons. The Morgan fingerprint density at radius 3 is 2.75 bits per heavy atom. The average Bonchev–Trinajstić information content (AvgIpc) is 2.38. The van der Waals surface area contributed by atoms with Gasteiger partial charge in [-0.3, -0.25) is 0 Å². The first-order valence-corrected chi connectivity index (χ1v) is 7.08. The first-order valence-electron chi connectivity index (χ1n) is 7.08. The lowest BCUT2D eigenvalue weighted by atomic mass is 9.89. The van der Waals surface area contributed by atoms with Crippen LogP contribution in [0.2, 0.25) is 0 Å². The van der Waals surface area contributed by atoms with Crippen molar-refractivity contribution < 1.29 is 14.3 Å². The van der Waals surface area contributed by atoms with Crippen LogP contribution in [0.5, 0.6) is 0 Å². The molecule has 3 N–H and O–H groups in total. The van der Waals surface area contributed by atoms with Gasteiger partial charge in [-0.2, -0.15) is 0 Å². The van der Waals surface area contributed by atoms with E-state index in [9.17, 15) is 4.79 Å². The van der Waals surface area contributed by atoms with E-state index in [2.05, 4.69) is 5.32 Å². The number of carbonyl (C=O) groups excluding carboxylic acids is 1. The van der Waals surface area contributed by atoms with Crippen LogP contribution in [0.25, 0.3) is 0 Å². The molecule has 0 unspecified atom stereocenters. The molecular formula is C15H22N2O3. The number of nitrogens with one attached hydrogen (secondary N) is 1. The third-order valence-corrected chi connectivity index (χ3v) is 3.42. The lowest BCUT2D eigenvalue weighted by Crippen LogP contribution is -2.41. The Bertz CT molecular complexity index is 470. The Labute approximate surface area is 119 Å². The van der Waals surface area contributed by atoms with Crippen LogP contribution >= 0.6 is 0 Å². The molecule has 0 heterocycles. The molecule has 1 fully saturated rings. The molecule has 0 bridgehead atoms. The summed E-state index contributed by atoms with van der Waals surface area (Å²) in [6, 6.07) is 5.52. The zero-order chi connectivity index (χ0) is 14.5. The molecule has 1 aliphatic rings. The largest absolute Gasteiger partial charge is 0.462 e. The Morgan fingerprint density at radius 1 is 1.35 bits per heavy atom. The van der Waals surface area contributed by atoms with E-state index in [4.69, 9.17) is 15.2 Å². The van der Waals surface area contributed by atoms with Gasteiger partial charge < -0.3 is 20.5 Å². The number of benzene rings is 1. The zero-order valence-electron chi connectivity index (χ0n) is 12.0. The van der Waals surface area contributed by atoms with Crippen LogP contribution in [0, 0.1) is 0 Å². The van der Waals surface area contributed by atoms with Crippen LogP contribution < -0.4 is 11.1 Å². The van der Waals surface area contributed by atoms with Gasteiger partial charge in [0.15, 0.2) is 0 Å². The van der Waals surface area contributed by atoms with Crippen molar-refractivity contribution in [1.29, 1.82) is 0 Å². The summed E-state index contributed by atoms with van der Waals surface area (Å²) in [6.45, 7) is 4.90. The van der Waals surface area contributed by atoms with E-state index in [0.29, 0.717) is 30.0 Å². The molecule has 0 aromatic heterocycles. The van der Waals surface area contributed by atoms with Gasteiger partial charge in [-0.25, -0.2) is 4.79 Å². The third kappa shape index (κ3) is 3.42. The van der Waals surface area contributed by atoms with Crippen molar-refractivity contribution in [3.05, 3.63) is 23.8 Å². The number of nitrogens with two attached hydrogens (primary N) is 1. The maximum Gasteiger partial charge on any atom is 0.338 e. The Kier molecular flexibility index (Phi) is 4.84. The summed E-state index contributed by atoms with van der Waals surface area (Å²) < 4.78 is 10.5. The number of hydrogen-bond donors (Lipinski definition) is 2. The number of esters is 1. The van der Waals surface area contributed by atoms with Gasteiger partial charge in [-0.15, -0.1) is 0 Å². The maximum absolute atomic E-state index is 11.7. The molecule has 1 aliphatic carbocycles. The van der Waals surface area contributed by atoms with Crippen molar-refractivity contribution in [3.8, 4) is 0 Å². The monoisotopic (exact) mass is 278 g/mol. The SMILES string of the molecule is CCOC(=O)c1ccc(N)c(NC2CC(OCC)C2)c1. The highest BCUT2D eigenvalue weighted by atomic mass is 16.5. The number of nitrogen functional groups attached to an aromatic ring is 1. The van der Waals surface area contributed by atoms with Gasteiger partial charge in [0.2, 0.25) is 0 Å². The van der Waals surface area contributed by atoms with Gasteiger partial charge in [0.05, 0.1) is 29.6 Å². The quantitative estimate of drug-likeness (QED) is 0.617. The molecule has 110 valence electrons. The van der Waals surface area contributed by atoms with E-state index in [1.165, 1.54) is 0 Å². The van der Waals surface area contributed by atoms with Gasteiger partial charge in [0.25, 0.3) is 0 Å². The molecule has 1 aromatic carbocycles. The van der Waals surface area contributed by atoms with Crippen molar-refractivity contribution in [2.75, 3.05) is 24.3 Å². The van der Waals surface area contributed by atoms with Gasteiger partial charge in [-0.05, 0) is 44.9 Å². The molecule has 2 rings (SSSR count).